The number of hydrogen-bond acceptors (Lipinski definition) is 4. The molecule has 8 heteroatoms. The zero-order valence-corrected chi connectivity index (χ0v) is 13.7. The first-order valence-electron chi connectivity index (χ1n) is 6.19. The molecular formula is C13H15BrClFN4O. The molecule has 0 aliphatic carbocycles. The quantitative estimate of drug-likeness (QED) is 0.600. The third-order valence-corrected chi connectivity index (χ3v) is 4.06. The van der Waals surface area contributed by atoms with Crippen molar-refractivity contribution in [1.29, 1.82) is 0 Å². The van der Waals surface area contributed by atoms with Crippen LogP contribution in [0.15, 0.2) is 28.9 Å². The van der Waals surface area contributed by atoms with E-state index in [4.69, 9.17) is 22.2 Å². The third kappa shape index (κ3) is 3.61. The largest absolute Gasteiger partial charge is 0.383 e. The molecule has 2 aromatic rings. The number of hydrogen-bond donors (Lipinski definition) is 2. The van der Waals surface area contributed by atoms with Gasteiger partial charge in [-0.25, -0.2) is 9.82 Å². The summed E-state index contributed by atoms with van der Waals surface area (Å²) in [6, 6.07) is 3.89. The summed E-state index contributed by atoms with van der Waals surface area (Å²) in [6.07, 6.45) is 1.53. The van der Waals surface area contributed by atoms with Crippen LogP contribution >= 0.6 is 27.5 Å². The van der Waals surface area contributed by atoms with E-state index < -0.39 is 6.04 Å². The van der Waals surface area contributed by atoms with Gasteiger partial charge in [0.2, 0.25) is 0 Å². The van der Waals surface area contributed by atoms with E-state index in [0.717, 1.165) is 4.47 Å². The minimum Gasteiger partial charge on any atom is -0.383 e. The van der Waals surface area contributed by atoms with Crippen molar-refractivity contribution in [2.75, 3.05) is 13.7 Å². The van der Waals surface area contributed by atoms with E-state index in [2.05, 4.69) is 26.5 Å². The molecule has 0 amide bonds. The van der Waals surface area contributed by atoms with E-state index >= 15 is 0 Å². The Kier molecular flexibility index (Phi) is 5.72. The summed E-state index contributed by atoms with van der Waals surface area (Å²) < 4.78 is 21.0. The Morgan fingerprint density at radius 2 is 2.33 bits per heavy atom. The Labute approximate surface area is 135 Å². The van der Waals surface area contributed by atoms with Gasteiger partial charge in [-0.15, -0.1) is 0 Å². The maximum atomic E-state index is 13.5. The summed E-state index contributed by atoms with van der Waals surface area (Å²) in [5.41, 5.74) is 3.96. The Bertz CT molecular complexity index is 622. The van der Waals surface area contributed by atoms with Crippen LogP contribution in [-0.4, -0.2) is 23.5 Å². The average molecular weight is 378 g/mol. The van der Waals surface area contributed by atoms with Gasteiger partial charge in [-0.2, -0.15) is 5.10 Å². The molecule has 1 heterocycles. The first kappa shape index (κ1) is 16.4. The fourth-order valence-electron chi connectivity index (χ4n) is 2.07. The molecule has 1 unspecified atom stereocenters. The predicted molar refractivity (Wildman–Crippen MR) is 82.4 cm³/mol. The molecule has 0 aliphatic heterocycles. The zero-order valence-electron chi connectivity index (χ0n) is 11.3. The fourth-order valence-corrected chi connectivity index (χ4v) is 2.79. The van der Waals surface area contributed by atoms with Crippen LogP contribution in [0.2, 0.25) is 5.02 Å². The molecule has 1 atom stereocenters. The van der Waals surface area contributed by atoms with Crippen LogP contribution in [0.4, 0.5) is 4.39 Å². The average Bonchev–Trinajstić information content (AvgIpc) is 2.83. The van der Waals surface area contributed by atoms with E-state index in [0.29, 0.717) is 29.4 Å². The summed E-state index contributed by atoms with van der Waals surface area (Å²) in [4.78, 5) is 0. The molecule has 2 rings (SSSR count). The van der Waals surface area contributed by atoms with Crippen molar-refractivity contribution >= 4 is 27.5 Å². The molecular weight excluding hydrogens is 363 g/mol. The van der Waals surface area contributed by atoms with Crippen molar-refractivity contribution in [2.45, 2.75) is 12.6 Å². The standard InChI is InChI=1S/C13H15BrClFN4O/c1-21-5-4-20-13(11(15)7-18-20)12(19-17)9-6-8(16)2-3-10(9)14/h2-3,6-7,12,19H,4-5,17H2,1H3. The number of benzene rings is 1. The number of nitrogens with one attached hydrogen (secondary N) is 1. The SMILES string of the molecule is COCCn1ncc(Cl)c1C(NN)c1cc(F)ccc1Br. The first-order valence-corrected chi connectivity index (χ1v) is 7.36. The minimum absolute atomic E-state index is 0.354. The first-order chi connectivity index (χ1) is 10.1. The summed E-state index contributed by atoms with van der Waals surface area (Å²) in [5, 5.41) is 4.65. The lowest BCUT2D eigenvalue weighted by molar-refractivity contribution is 0.182. The maximum Gasteiger partial charge on any atom is 0.123 e. The van der Waals surface area contributed by atoms with Crippen molar-refractivity contribution in [3.05, 3.63) is 51.0 Å². The zero-order chi connectivity index (χ0) is 15.4. The number of hydrazine groups is 1. The molecule has 1 aromatic carbocycles. The lowest BCUT2D eigenvalue weighted by Gasteiger charge is -2.20. The number of aromatic nitrogens is 2. The highest BCUT2D eigenvalue weighted by Crippen LogP contribution is 2.32. The smallest absolute Gasteiger partial charge is 0.123 e. The van der Waals surface area contributed by atoms with Gasteiger partial charge in [-0.05, 0) is 23.8 Å². The van der Waals surface area contributed by atoms with Gasteiger partial charge in [0.15, 0.2) is 0 Å². The van der Waals surface area contributed by atoms with Crippen LogP contribution in [0, 0.1) is 5.82 Å². The van der Waals surface area contributed by atoms with Crippen molar-refractivity contribution in [3.8, 4) is 0 Å². The van der Waals surface area contributed by atoms with E-state index in [1.54, 1.807) is 17.9 Å². The van der Waals surface area contributed by atoms with Gasteiger partial charge in [-0.3, -0.25) is 10.5 Å². The van der Waals surface area contributed by atoms with Crippen molar-refractivity contribution in [2.24, 2.45) is 5.84 Å². The van der Waals surface area contributed by atoms with Crippen LogP contribution in [0.3, 0.4) is 0 Å². The van der Waals surface area contributed by atoms with Gasteiger partial charge < -0.3 is 4.74 Å². The molecule has 3 N–H and O–H groups in total. The number of nitrogens with zero attached hydrogens (tertiary/aromatic N) is 2. The van der Waals surface area contributed by atoms with Crippen molar-refractivity contribution < 1.29 is 9.13 Å². The van der Waals surface area contributed by atoms with Gasteiger partial charge in [0.1, 0.15) is 5.82 Å². The monoisotopic (exact) mass is 376 g/mol. The van der Waals surface area contributed by atoms with E-state index in [1.807, 2.05) is 0 Å². The van der Waals surface area contributed by atoms with Gasteiger partial charge in [-0.1, -0.05) is 27.5 Å². The molecule has 0 aliphatic rings. The maximum absolute atomic E-state index is 13.5. The highest BCUT2D eigenvalue weighted by atomic mass is 79.9. The Morgan fingerprint density at radius 3 is 3.00 bits per heavy atom. The topological polar surface area (TPSA) is 65.1 Å². The van der Waals surface area contributed by atoms with Gasteiger partial charge in [0.25, 0.3) is 0 Å². The summed E-state index contributed by atoms with van der Waals surface area (Å²) >= 11 is 9.61. The second kappa shape index (κ2) is 7.33. The fraction of sp³-hybridized carbons (Fsp3) is 0.308. The molecule has 0 radical (unpaired) electrons. The van der Waals surface area contributed by atoms with Crippen LogP contribution in [0.1, 0.15) is 17.3 Å². The molecule has 1 aromatic heterocycles. The molecule has 0 fully saturated rings. The third-order valence-electron chi connectivity index (χ3n) is 3.05. The van der Waals surface area contributed by atoms with E-state index in [9.17, 15) is 4.39 Å². The number of ether oxygens (including phenoxy) is 1. The predicted octanol–water partition coefficient (Wildman–Crippen LogP) is 2.64. The summed E-state index contributed by atoms with van der Waals surface area (Å²) in [5.74, 6) is 5.30. The van der Waals surface area contributed by atoms with Crippen molar-refractivity contribution in [3.63, 3.8) is 0 Å². The van der Waals surface area contributed by atoms with Crippen LogP contribution < -0.4 is 11.3 Å². The highest BCUT2D eigenvalue weighted by Gasteiger charge is 2.23. The number of nitrogens with two attached hydrogens (primary N) is 1. The van der Waals surface area contributed by atoms with Crippen LogP contribution in [0.5, 0.6) is 0 Å². The van der Waals surface area contributed by atoms with Crippen LogP contribution in [-0.2, 0) is 11.3 Å². The second-order valence-electron chi connectivity index (χ2n) is 4.36. The normalized spacial score (nSPS) is 12.6. The molecule has 0 spiro atoms. The minimum atomic E-state index is -0.498. The molecule has 0 bridgehead atoms. The lowest BCUT2D eigenvalue weighted by atomic mass is 10.0. The Hall–Kier alpha value is -0.990. The van der Waals surface area contributed by atoms with Crippen LogP contribution in [0.25, 0.3) is 0 Å². The molecule has 21 heavy (non-hydrogen) atoms. The Balaban J connectivity index is 2.46. The Morgan fingerprint density at radius 1 is 1.57 bits per heavy atom. The number of halogens is 3. The number of methoxy groups -OCH3 is 1. The molecule has 5 nitrogen and oxygen atoms in total. The van der Waals surface area contributed by atoms with E-state index in [-0.39, 0.29) is 5.82 Å². The van der Waals surface area contributed by atoms with Crippen molar-refractivity contribution in [1.82, 2.24) is 15.2 Å². The summed E-state index contributed by atoms with van der Waals surface area (Å²) in [7, 11) is 1.60. The van der Waals surface area contributed by atoms with Gasteiger partial charge >= 0.3 is 0 Å². The lowest BCUT2D eigenvalue weighted by Crippen LogP contribution is -2.31. The molecule has 0 saturated heterocycles. The second-order valence-corrected chi connectivity index (χ2v) is 5.62. The highest BCUT2D eigenvalue weighted by molar-refractivity contribution is 9.10. The van der Waals surface area contributed by atoms with E-state index in [1.165, 1.54) is 18.3 Å². The molecule has 114 valence electrons. The summed E-state index contributed by atoms with van der Waals surface area (Å²) in [6.45, 7) is 0.996. The van der Waals surface area contributed by atoms with Gasteiger partial charge in [0.05, 0.1) is 36.1 Å². The number of rotatable bonds is 6. The van der Waals surface area contributed by atoms with Gasteiger partial charge in [0, 0.05) is 11.6 Å². The molecule has 0 saturated carbocycles.